The van der Waals surface area contributed by atoms with Gasteiger partial charge < -0.3 is 4.74 Å². The third kappa shape index (κ3) is 8.53. The molecule has 0 aromatic rings. The van der Waals surface area contributed by atoms with Gasteiger partial charge in [-0.3, -0.25) is 0 Å². The third-order valence-corrected chi connectivity index (χ3v) is 2.59. The van der Waals surface area contributed by atoms with Crippen LogP contribution >= 0.6 is 22.6 Å². The molecule has 0 aromatic heterocycles. The van der Waals surface area contributed by atoms with E-state index in [1.807, 2.05) is 13.0 Å². The van der Waals surface area contributed by atoms with Gasteiger partial charge in [-0.1, -0.05) is 35.6 Å². The van der Waals surface area contributed by atoms with E-state index >= 15 is 0 Å². The van der Waals surface area contributed by atoms with Crippen molar-refractivity contribution in [3.63, 3.8) is 0 Å². The number of hydrogen-bond acceptors (Lipinski definition) is 2. The molecule has 14 heavy (non-hydrogen) atoms. The third-order valence-electron chi connectivity index (χ3n) is 1.97. The van der Waals surface area contributed by atoms with E-state index in [4.69, 9.17) is 4.74 Å². The molecule has 0 fully saturated rings. The maximum atomic E-state index is 10.9. The molecule has 0 N–H and O–H groups in total. The molecule has 0 aliphatic heterocycles. The number of carbonyl (C=O) groups is 1. The number of allylic oxidation sites excluding steroid dienone is 1. The number of alkyl halides is 1. The Balaban J connectivity index is 3.47. The number of hydrogen-bond donors (Lipinski definition) is 0. The number of esters is 1. The van der Waals surface area contributed by atoms with Crippen LogP contribution < -0.4 is 0 Å². The van der Waals surface area contributed by atoms with Crippen molar-refractivity contribution in [1.82, 2.24) is 0 Å². The minimum absolute atomic E-state index is 0.228. The molecule has 1 unspecified atom stereocenters. The van der Waals surface area contributed by atoms with E-state index < -0.39 is 0 Å². The van der Waals surface area contributed by atoms with E-state index in [1.54, 1.807) is 0 Å². The lowest BCUT2D eigenvalue weighted by Crippen LogP contribution is -1.99. The zero-order valence-corrected chi connectivity index (χ0v) is 11.1. The van der Waals surface area contributed by atoms with Crippen molar-refractivity contribution in [2.45, 2.75) is 33.1 Å². The van der Waals surface area contributed by atoms with Crippen LogP contribution in [-0.2, 0) is 9.53 Å². The van der Waals surface area contributed by atoms with Crippen LogP contribution in [0.25, 0.3) is 0 Å². The van der Waals surface area contributed by atoms with E-state index in [0.717, 1.165) is 18.8 Å². The van der Waals surface area contributed by atoms with Crippen molar-refractivity contribution in [2.75, 3.05) is 11.0 Å². The average molecular weight is 310 g/mol. The Hall–Kier alpha value is -0.0600. The first-order valence-electron chi connectivity index (χ1n) is 5.10. The van der Waals surface area contributed by atoms with Gasteiger partial charge in [0.2, 0.25) is 0 Å². The summed E-state index contributed by atoms with van der Waals surface area (Å²) >= 11 is 2.39. The Kier molecular flexibility index (Phi) is 9.45. The molecule has 82 valence electrons. The minimum Gasteiger partial charge on any atom is -0.463 e. The first-order valence-corrected chi connectivity index (χ1v) is 6.62. The monoisotopic (exact) mass is 310 g/mol. The second kappa shape index (κ2) is 9.49. The fraction of sp³-hybridized carbons (Fsp3) is 0.727. The Morgan fingerprint density at radius 1 is 1.50 bits per heavy atom. The molecule has 0 aromatic carbocycles. The van der Waals surface area contributed by atoms with Crippen molar-refractivity contribution in [3.8, 4) is 0 Å². The Morgan fingerprint density at radius 2 is 2.21 bits per heavy atom. The highest BCUT2D eigenvalue weighted by atomic mass is 127. The van der Waals surface area contributed by atoms with Crippen LogP contribution in [0.3, 0.4) is 0 Å². The maximum absolute atomic E-state index is 10.9. The molecular formula is C11H19IO2. The molecule has 0 bridgehead atoms. The Labute approximate surface area is 100 Å². The molecule has 3 heteroatoms. The fourth-order valence-electron chi connectivity index (χ4n) is 1.08. The van der Waals surface area contributed by atoms with Gasteiger partial charge >= 0.3 is 5.97 Å². The molecule has 0 saturated carbocycles. The summed E-state index contributed by atoms with van der Waals surface area (Å²) in [5.41, 5.74) is 0. The van der Waals surface area contributed by atoms with Crippen LogP contribution in [0.2, 0.25) is 0 Å². The molecule has 0 aliphatic carbocycles. The molecule has 0 heterocycles. The first kappa shape index (κ1) is 13.9. The van der Waals surface area contributed by atoms with Crippen molar-refractivity contribution < 1.29 is 9.53 Å². The molecule has 0 amide bonds. The SMILES string of the molecule is CCOC(=O)/C=C/CCC(C)CCI. The highest BCUT2D eigenvalue weighted by molar-refractivity contribution is 14.1. The zero-order chi connectivity index (χ0) is 10.8. The number of ether oxygens (including phenoxy) is 1. The molecule has 0 rings (SSSR count). The summed E-state index contributed by atoms with van der Waals surface area (Å²) in [6.45, 7) is 4.51. The summed E-state index contributed by atoms with van der Waals surface area (Å²) < 4.78 is 5.98. The van der Waals surface area contributed by atoms with Gasteiger partial charge in [-0.15, -0.1) is 0 Å². The number of rotatable bonds is 7. The van der Waals surface area contributed by atoms with Crippen molar-refractivity contribution in [3.05, 3.63) is 12.2 Å². The summed E-state index contributed by atoms with van der Waals surface area (Å²) in [7, 11) is 0. The van der Waals surface area contributed by atoms with E-state index in [1.165, 1.54) is 16.9 Å². The predicted octanol–water partition coefficient (Wildman–Crippen LogP) is 3.35. The van der Waals surface area contributed by atoms with Crippen molar-refractivity contribution in [1.29, 1.82) is 0 Å². The normalized spacial score (nSPS) is 13.1. The maximum Gasteiger partial charge on any atom is 0.330 e. The molecule has 1 atom stereocenters. The second-order valence-corrected chi connectivity index (χ2v) is 4.39. The van der Waals surface area contributed by atoms with Gasteiger partial charge in [-0.25, -0.2) is 4.79 Å². The zero-order valence-electron chi connectivity index (χ0n) is 8.96. The lowest BCUT2D eigenvalue weighted by atomic mass is 10.0. The van der Waals surface area contributed by atoms with Gasteiger partial charge in [0, 0.05) is 6.08 Å². The summed E-state index contributed by atoms with van der Waals surface area (Å²) in [5.74, 6) is 0.521. The van der Waals surface area contributed by atoms with Crippen LogP contribution in [0, 0.1) is 5.92 Å². The topological polar surface area (TPSA) is 26.3 Å². The molecule has 2 nitrogen and oxygen atoms in total. The molecule has 0 radical (unpaired) electrons. The highest BCUT2D eigenvalue weighted by Gasteiger charge is 1.99. The second-order valence-electron chi connectivity index (χ2n) is 3.31. The standard InChI is InChI=1S/C11H19IO2/c1-3-14-11(13)7-5-4-6-10(2)8-9-12/h5,7,10H,3-4,6,8-9H2,1-2H3/b7-5+. The van der Waals surface area contributed by atoms with Crippen LogP contribution in [-0.4, -0.2) is 17.0 Å². The van der Waals surface area contributed by atoms with E-state index in [0.29, 0.717) is 6.61 Å². The lowest BCUT2D eigenvalue weighted by molar-refractivity contribution is -0.137. The van der Waals surface area contributed by atoms with E-state index in [-0.39, 0.29) is 5.97 Å². The van der Waals surface area contributed by atoms with Crippen molar-refractivity contribution >= 4 is 28.6 Å². The summed E-state index contributed by atoms with van der Waals surface area (Å²) in [5, 5.41) is 0. The van der Waals surface area contributed by atoms with E-state index in [2.05, 4.69) is 29.5 Å². The number of halogens is 1. The largest absolute Gasteiger partial charge is 0.463 e. The smallest absolute Gasteiger partial charge is 0.330 e. The van der Waals surface area contributed by atoms with Crippen molar-refractivity contribution in [2.24, 2.45) is 5.92 Å². The van der Waals surface area contributed by atoms with Gasteiger partial charge in [0.25, 0.3) is 0 Å². The highest BCUT2D eigenvalue weighted by Crippen LogP contribution is 2.11. The van der Waals surface area contributed by atoms with Gasteiger partial charge in [-0.05, 0) is 36.5 Å². The Morgan fingerprint density at radius 3 is 2.79 bits per heavy atom. The molecular weight excluding hydrogens is 291 g/mol. The molecule has 0 spiro atoms. The van der Waals surface area contributed by atoms with Crippen LogP contribution in [0.4, 0.5) is 0 Å². The fourth-order valence-corrected chi connectivity index (χ4v) is 2.14. The van der Waals surface area contributed by atoms with Gasteiger partial charge in [0.1, 0.15) is 0 Å². The van der Waals surface area contributed by atoms with Crippen LogP contribution in [0.15, 0.2) is 12.2 Å². The summed E-state index contributed by atoms with van der Waals surface area (Å²) in [4.78, 5) is 10.9. The van der Waals surface area contributed by atoms with Gasteiger partial charge in [0.15, 0.2) is 0 Å². The molecule has 0 saturated heterocycles. The van der Waals surface area contributed by atoms with Crippen LogP contribution in [0.5, 0.6) is 0 Å². The Bertz CT molecular complexity index is 178. The van der Waals surface area contributed by atoms with Gasteiger partial charge in [0.05, 0.1) is 6.61 Å². The van der Waals surface area contributed by atoms with Crippen LogP contribution in [0.1, 0.15) is 33.1 Å². The van der Waals surface area contributed by atoms with Gasteiger partial charge in [-0.2, -0.15) is 0 Å². The molecule has 0 aliphatic rings. The lowest BCUT2D eigenvalue weighted by Gasteiger charge is -2.05. The first-order chi connectivity index (χ1) is 6.70. The average Bonchev–Trinajstić information content (AvgIpc) is 2.13. The predicted molar refractivity (Wildman–Crippen MR) is 67.7 cm³/mol. The summed E-state index contributed by atoms with van der Waals surface area (Å²) in [6, 6.07) is 0. The van der Waals surface area contributed by atoms with E-state index in [9.17, 15) is 4.79 Å². The quantitative estimate of drug-likeness (QED) is 0.312. The summed E-state index contributed by atoms with van der Waals surface area (Å²) in [6.07, 6.45) is 6.81. The minimum atomic E-state index is -0.228. The number of carbonyl (C=O) groups excluding carboxylic acids is 1.